The number of likely N-dealkylation sites (tertiary alicyclic amines) is 1. The monoisotopic (exact) mass is 338 g/mol. The van der Waals surface area contributed by atoms with E-state index in [2.05, 4.69) is 35.0 Å². The highest BCUT2D eigenvalue weighted by atomic mass is 16.5. The zero-order valence-corrected chi connectivity index (χ0v) is 14.9. The Bertz CT molecular complexity index is 696. The molecule has 2 aliphatic heterocycles. The van der Waals surface area contributed by atoms with Gasteiger partial charge in [0.15, 0.2) is 0 Å². The van der Waals surface area contributed by atoms with Gasteiger partial charge in [-0.2, -0.15) is 0 Å². The Balaban J connectivity index is 1.38. The highest BCUT2D eigenvalue weighted by Crippen LogP contribution is 2.33. The fourth-order valence-electron chi connectivity index (χ4n) is 4.01. The molecular formula is C21H26N2O2. The van der Waals surface area contributed by atoms with Crippen LogP contribution in [0.4, 0.5) is 0 Å². The molecule has 1 unspecified atom stereocenters. The largest absolute Gasteiger partial charge is 0.493 e. The van der Waals surface area contributed by atoms with Gasteiger partial charge in [0.25, 0.3) is 0 Å². The number of fused-ring (bicyclic) bond motifs is 1. The van der Waals surface area contributed by atoms with Crippen LogP contribution in [0.5, 0.6) is 11.5 Å². The van der Waals surface area contributed by atoms with Crippen LogP contribution >= 0.6 is 0 Å². The van der Waals surface area contributed by atoms with E-state index in [1.807, 2.05) is 12.1 Å². The van der Waals surface area contributed by atoms with Crippen LogP contribution in [-0.2, 0) is 6.42 Å². The summed E-state index contributed by atoms with van der Waals surface area (Å²) in [6.45, 7) is 5.24. The lowest BCUT2D eigenvalue weighted by molar-refractivity contribution is 0.0733. The molecule has 2 aromatic rings. The summed E-state index contributed by atoms with van der Waals surface area (Å²) in [7, 11) is 0. The van der Waals surface area contributed by atoms with Crippen molar-refractivity contribution in [3.63, 3.8) is 0 Å². The Morgan fingerprint density at radius 2 is 2.16 bits per heavy atom. The zero-order valence-electron chi connectivity index (χ0n) is 14.9. The van der Waals surface area contributed by atoms with Crippen molar-refractivity contribution in [2.24, 2.45) is 0 Å². The molecule has 1 aromatic heterocycles. The third kappa shape index (κ3) is 3.64. The number of pyridine rings is 1. The van der Waals surface area contributed by atoms with Gasteiger partial charge in [0.1, 0.15) is 17.6 Å². The molecule has 4 nitrogen and oxygen atoms in total. The molecule has 132 valence electrons. The average molecular weight is 338 g/mol. The lowest BCUT2D eigenvalue weighted by Crippen LogP contribution is -2.40. The Morgan fingerprint density at radius 3 is 2.92 bits per heavy atom. The Labute approximate surface area is 149 Å². The molecule has 4 rings (SSSR count). The summed E-state index contributed by atoms with van der Waals surface area (Å²) < 4.78 is 11.8. The van der Waals surface area contributed by atoms with E-state index in [-0.39, 0.29) is 0 Å². The summed E-state index contributed by atoms with van der Waals surface area (Å²) in [6, 6.07) is 11.2. The van der Waals surface area contributed by atoms with Gasteiger partial charge in [-0.1, -0.05) is 19.1 Å². The van der Waals surface area contributed by atoms with E-state index < -0.39 is 0 Å². The fourth-order valence-corrected chi connectivity index (χ4v) is 4.01. The Kier molecular flexibility index (Phi) is 4.88. The standard InChI is InChI=1S/C21H26N2O2/c1-2-20(17-6-5-16-9-13-24-21(16)14-17)23-11-7-18(8-12-23)25-19-4-3-10-22-15-19/h3-6,10,14-15,18,20H,2,7-9,11-13H2,1H3. The SMILES string of the molecule is CCC(c1ccc2c(c1)OCC2)N1CCC(Oc2cccnc2)CC1. The van der Waals surface area contributed by atoms with Gasteiger partial charge >= 0.3 is 0 Å². The summed E-state index contributed by atoms with van der Waals surface area (Å²) in [5, 5.41) is 0. The molecule has 0 bridgehead atoms. The maximum atomic E-state index is 6.07. The lowest BCUT2D eigenvalue weighted by atomic mass is 9.97. The van der Waals surface area contributed by atoms with Crippen molar-refractivity contribution in [1.82, 2.24) is 9.88 Å². The molecule has 0 N–H and O–H groups in total. The lowest BCUT2D eigenvalue weighted by Gasteiger charge is -2.37. The first-order valence-corrected chi connectivity index (χ1v) is 9.40. The molecule has 0 radical (unpaired) electrons. The first kappa shape index (κ1) is 16.4. The maximum absolute atomic E-state index is 6.07. The molecule has 3 heterocycles. The molecule has 25 heavy (non-hydrogen) atoms. The zero-order chi connectivity index (χ0) is 17.1. The normalized spacial score (nSPS) is 19.2. The van der Waals surface area contributed by atoms with Gasteiger partial charge in [-0.05, 0) is 48.6 Å². The predicted molar refractivity (Wildman–Crippen MR) is 98.1 cm³/mol. The average Bonchev–Trinajstić information content (AvgIpc) is 3.12. The van der Waals surface area contributed by atoms with Crippen LogP contribution in [0.15, 0.2) is 42.7 Å². The van der Waals surface area contributed by atoms with Crippen molar-refractivity contribution in [3.8, 4) is 11.5 Å². The second-order valence-electron chi connectivity index (χ2n) is 6.93. The molecule has 0 aliphatic carbocycles. The van der Waals surface area contributed by atoms with Gasteiger partial charge in [-0.3, -0.25) is 9.88 Å². The summed E-state index contributed by atoms with van der Waals surface area (Å²) in [5.41, 5.74) is 2.73. The molecule has 0 spiro atoms. The van der Waals surface area contributed by atoms with Gasteiger partial charge in [0.05, 0.1) is 12.8 Å². The smallest absolute Gasteiger partial charge is 0.137 e. The third-order valence-corrected chi connectivity index (χ3v) is 5.35. The Hall–Kier alpha value is -2.07. The second kappa shape index (κ2) is 7.44. The number of hydrogen-bond donors (Lipinski definition) is 0. The fraction of sp³-hybridized carbons (Fsp3) is 0.476. The van der Waals surface area contributed by atoms with Crippen molar-refractivity contribution in [2.75, 3.05) is 19.7 Å². The summed E-state index contributed by atoms with van der Waals surface area (Å²) in [4.78, 5) is 6.72. The molecule has 1 atom stereocenters. The molecule has 1 saturated heterocycles. The topological polar surface area (TPSA) is 34.6 Å². The first-order chi connectivity index (χ1) is 12.3. The summed E-state index contributed by atoms with van der Waals surface area (Å²) in [6.07, 6.45) is 8.16. The number of hydrogen-bond acceptors (Lipinski definition) is 4. The van der Waals surface area contributed by atoms with Crippen LogP contribution in [0.2, 0.25) is 0 Å². The minimum absolute atomic E-state index is 0.293. The van der Waals surface area contributed by atoms with E-state index in [4.69, 9.17) is 9.47 Å². The minimum Gasteiger partial charge on any atom is -0.493 e. The van der Waals surface area contributed by atoms with Gasteiger partial charge in [0, 0.05) is 31.7 Å². The van der Waals surface area contributed by atoms with E-state index in [1.54, 1.807) is 12.4 Å². The van der Waals surface area contributed by atoms with E-state index in [0.717, 1.165) is 56.9 Å². The van der Waals surface area contributed by atoms with Crippen LogP contribution in [0.3, 0.4) is 0 Å². The Morgan fingerprint density at radius 1 is 1.28 bits per heavy atom. The van der Waals surface area contributed by atoms with Crippen LogP contribution in [0.25, 0.3) is 0 Å². The number of rotatable bonds is 5. The van der Waals surface area contributed by atoms with E-state index in [0.29, 0.717) is 12.1 Å². The molecule has 1 fully saturated rings. The van der Waals surface area contributed by atoms with Gasteiger partial charge in [-0.25, -0.2) is 0 Å². The van der Waals surface area contributed by atoms with Crippen molar-refractivity contribution in [3.05, 3.63) is 53.9 Å². The molecule has 0 saturated carbocycles. The molecular weight excluding hydrogens is 312 g/mol. The highest BCUT2D eigenvalue weighted by Gasteiger charge is 2.27. The molecule has 4 heteroatoms. The number of ether oxygens (including phenoxy) is 2. The van der Waals surface area contributed by atoms with Crippen molar-refractivity contribution in [1.29, 1.82) is 0 Å². The number of aromatic nitrogens is 1. The van der Waals surface area contributed by atoms with Crippen molar-refractivity contribution < 1.29 is 9.47 Å². The van der Waals surface area contributed by atoms with Crippen LogP contribution in [-0.4, -0.2) is 35.7 Å². The van der Waals surface area contributed by atoms with Crippen LogP contribution in [0, 0.1) is 0 Å². The van der Waals surface area contributed by atoms with Gasteiger partial charge < -0.3 is 9.47 Å². The minimum atomic E-state index is 0.293. The third-order valence-electron chi connectivity index (χ3n) is 5.35. The molecule has 0 amide bonds. The predicted octanol–water partition coefficient (Wildman–Crippen LogP) is 4.01. The van der Waals surface area contributed by atoms with Crippen molar-refractivity contribution in [2.45, 2.75) is 44.8 Å². The number of piperidine rings is 1. The summed E-state index contributed by atoms with van der Waals surface area (Å²) >= 11 is 0. The van der Waals surface area contributed by atoms with Crippen LogP contribution < -0.4 is 9.47 Å². The second-order valence-corrected chi connectivity index (χ2v) is 6.93. The summed E-state index contributed by atoms with van der Waals surface area (Å²) in [5.74, 6) is 1.97. The number of nitrogens with zero attached hydrogens (tertiary/aromatic N) is 2. The van der Waals surface area contributed by atoms with Crippen LogP contribution in [0.1, 0.15) is 43.4 Å². The van der Waals surface area contributed by atoms with Crippen molar-refractivity contribution >= 4 is 0 Å². The van der Waals surface area contributed by atoms with E-state index in [1.165, 1.54) is 11.1 Å². The van der Waals surface area contributed by atoms with Gasteiger partial charge in [0.2, 0.25) is 0 Å². The van der Waals surface area contributed by atoms with E-state index >= 15 is 0 Å². The molecule has 1 aromatic carbocycles. The molecule has 2 aliphatic rings. The highest BCUT2D eigenvalue weighted by molar-refractivity contribution is 5.41. The maximum Gasteiger partial charge on any atom is 0.137 e. The van der Waals surface area contributed by atoms with Gasteiger partial charge in [-0.15, -0.1) is 0 Å². The first-order valence-electron chi connectivity index (χ1n) is 9.40. The van der Waals surface area contributed by atoms with E-state index in [9.17, 15) is 0 Å². The number of benzene rings is 1. The quantitative estimate of drug-likeness (QED) is 0.825.